The van der Waals surface area contributed by atoms with E-state index in [1.54, 1.807) is 0 Å². The molecule has 7 heteroatoms. The maximum Gasteiger partial charge on any atom is 0.306 e. The van der Waals surface area contributed by atoms with Gasteiger partial charge in [-0.1, -0.05) is 149 Å². The van der Waals surface area contributed by atoms with Crippen LogP contribution < -0.4 is 0 Å². The van der Waals surface area contributed by atoms with Gasteiger partial charge in [0.2, 0.25) is 0 Å². The van der Waals surface area contributed by atoms with Gasteiger partial charge in [0.15, 0.2) is 0 Å². The topological polar surface area (TPSA) is 74.3 Å². The third-order valence-corrected chi connectivity index (χ3v) is 17.8. The van der Waals surface area contributed by atoms with Gasteiger partial charge >= 0.3 is 11.9 Å². The number of fused-ring (bicyclic) bond motifs is 5. The summed E-state index contributed by atoms with van der Waals surface area (Å²) in [6, 6.07) is 0. The highest BCUT2D eigenvalue weighted by atomic mass is 16.6. The van der Waals surface area contributed by atoms with Crippen LogP contribution in [0.3, 0.4) is 0 Å². The molecule has 1 unspecified atom stereocenters. The smallest absolute Gasteiger partial charge is 0.306 e. The number of carbonyl (C=O) groups excluding carboxylic acids is 2. The van der Waals surface area contributed by atoms with E-state index in [9.17, 15) is 9.59 Å². The molecule has 0 bridgehead atoms. The van der Waals surface area contributed by atoms with Crippen molar-refractivity contribution in [2.45, 2.75) is 246 Å². The van der Waals surface area contributed by atoms with E-state index >= 15 is 0 Å². The fourth-order valence-corrected chi connectivity index (χ4v) is 13.9. The van der Waals surface area contributed by atoms with Crippen molar-refractivity contribution in [1.82, 2.24) is 4.90 Å². The second-order valence-corrected chi connectivity index (χ2v) is 23.2. The molecule has 0 aromatic heterocycles. The molecule has 1 saturated heterocycles. The van der Waals surface area contributed by atoms with Crippen LogP contribution in [0.1, 0.15) is 234 Å². The molecule has 66 heavy (non-hydrogen) atoms. The van der Waals surface area contributed by atoms with Gasteiger partial charge in [0.05, 0.1) is 32.2 Å². The first-order valence-electron chi connectivity index (χ1n) is 28.6. The summed E-state index contributed by atoms with van der Waals surface area (Å²) in [7, 11) is 0. The summed E-state index contributed by atoms with van der Waals surface area (Å²) in [5.41, 5.74) is 2.26. The number of hydrogen-bond acceptors (Lipinski definition) is 7. The first-order chi connectivity index (χ1) is 32.0. The molecule has 9 atom stereocenters. The molecule has 0 aromatic carbocycles. The van der Waals surface area contributed by atoms with Crippen LogP contribution >= 0.6 is 0 Å². The van der Waals surface area contributed by atoms with E-state index in [4.69, 9.17) is 18.9 Å². The molecule has 3 saturated carbocycles. The normalized spacial score (nSPS) is 28.7. The number of ether oxygens (including phenoxy) is 4. The molecule has 7 nitrogen and oxygen atoms in total. The molecular weight excluding hydrogens is 819 g/mol. The Morgan fingerprint density at radius 2 is 1.44 bits per heavy atom. The van der Waals surface area contributed by atoms with E-state index in [1.807, 2.05) is 0 Å². The maximum atomic E-state index is 13.0. The van der Waals surface area contributed by atoms with Crippen molar-refractivity contribution in [2.24, 2.45) is 46.3 Å². The third kappa shape index (κ3) is 17.9. The molecule has 0 radical (unpaired) electrons. The average Bonchev–Trinajstić information content (AvgIpc) is 3.67. The number of unbranched alkanes of at least 4 members (excludes halogenated alkanes) is 12. The zero-order valence-electron chi connectivity index (χ0n) is 43.9. The van der Waals surface area contributed by atoms with Gasteiger partial charge in [-0.25, -0.2) is 0 Å². The molecule has 4 fully saturated rings. The first-order valence-corrected chi connectivity index (χ1v) is 28.6. The monoisotopic (exact) mass is 922 g/mol. The van der Waals surface area contributed by atoms with Crippen molar-refractivity contribution in [2.75, 3.05) is 46.1 Å². The van der Waals surface area contributed by atoms with E-state index in [2.05, 4.69) is 64.7 Å². The lowest BCUT2D eigenvalue weighted by atomic mass is 9.47. The summed E-state index contributed by atoms with van der Waals surface area (Å²) in [6.07, 6.45) is 43.2. The Hall–Kier alpha value is -1.70. The van der Waals surface area contributed by atoms with E-state index < -0.39 is 0 Å². The van der Waals surface area contributed by atoms with E-state index in [0.29, 0.717) is 18.6 Å². The van der Waals surface area contributed by atoms with Crippen molar-refractivity contribution in [3.05, 3.63) is 23.8 Å². The predicted molar refractivity (Wildman–Crippen MR) is 273 cm³/mol. The molecule has 0 N–H and O–H groups in total. The van der Waals surface area contributed by atoms with Crippen LogP contribution in [0.25, 0.3) is 0 Å². The minimum Gasteiger partial charge on any atom is -0.463 e. The Labute approximate surface area is 406 Å². The van der Waals surface area contributed by atoms with Gasteiger partial charge in [0, 0.05) is 19.6 Å². The van der Waals surface area contributed by atoms with Crippen LogP contribution in [0.15, 0.2) is 23.8 Å². The highest BCUT2D eigenvalue weighted by Gasteiger charge is 2.59. The average molecular weight is 922 g/mol. The number of rotatable bonds is 33. The Morgan fingerprint density at radius 3 is 2.17 bits per heavy atom. The molecule has 5 rings (SSSR count). The largest absolute Gasteiger partial charge is 0.463 e. The second kappa shape index (κ2) is 30.1. The fourth-order valence-electron chi connectivity index (χ4n) is 13.9. The third-order valence-electron chi connectivity index (χ3n) is 17.8. The molecule has 1 aliphatic heterocycles. The summed E-state index contributed by atoms with van der Waals surface area (Å²) in [4.78, 5) is 28.2. The van der Waals surface area contributed by atoms with Crippen LogP contribution in [-0.2, 0) is 28.5 Å². The molecular formula is C59H103NO6. The minimum absolute atomic E-state index is 0.0418. The van der Waals surface area contributed by atoms with E-state index in [-0.39, 0.29) is 49.0 Å². The summed E-state index contributed by atoms with van der Waals surface area (Å²) in [5, 5.41) is 0. The van der Waals surface area contributed by atoms with Crippen LogP contribution in [0.4, 0.5) is 0 Å². The molecule has 0 aromatic rings. The summed E-state index contributed by atoms with van der Waals surface area (Å²) >= 11 is 0. The van der Waals surface area contributed by atoms with Crippen molar-refractivity contribution < 1.29 is 28.5 Å². The first kappa shape index (κ1) is 55.2. The lowest BCUT2D eigenvalue weighted by Gasteiger charge is -2.58. The Kier molecular flexibility index (Phi) is 25.2. The van der Waals surface area contributed by atoms with Gasteiger partial charge < -0.3 is 23.8 Å². The van der Waals surface area contributed by atoms with Crippen molar-refractivity contribution in [3.8, 4) is 0 Å². The van der Waals surface area contributed by atoms with Crippen molar-refractivity contribution in [1.29, 1.82) is 0 Å². The fraction of sp³-hybridized carbons (Fsp3) is 0.898. The van der Waals surface area contributed by atoms with E-state index in [1.165, 1.54) is 160 Å². The Bertz CT molecular complexity index is 1420. The zero-order valence-corrected chi connectivity index (χ0v) is 43.9. The SMILES string of the molecule is CCCCCCCC/C=C\CCCCCCCCOCC(CN1CCCCC1)OCCOC(=O)CCC(=O)O[C@H]1CC[C@@]2(C)C(=CC[C@H]3[C@@H]4CC[C@H]([C@H](C)CCCC(C)C)[C@@]4(C)CC[C@@H]32)C1. The zero-order chi connectivity index (χ0) is 47.0. The van der Waals surface area contributed by atoms with Gasteiger partial charge in [0.1, 0.15) is 12.7 Å². The van der Waals surface area contributed by atoms with Gasteiger partial charge in [-0.05, 0) is 149 Å². The Morgan fingerprint density at radius 1 is 0.742 bits per heavy atom. The standard InChI is InChI=1S/C59H103NO6/c1-7-8-9-10-11-12-13-14-15-16-17-18-19-20-21-25-41-63-46-51(45-60-39-23-22-24-40-60)64-42-43-65-56(61)33-34-57(62)66-50-35-37-58(5)49(44-50)29-30-52-54-32-31-53(48(4)28-26-27-47(2)3)59(54,6)38-36-55(52)58/h14-15,29,47-48,50-55H,7-13,16-28,30-46H2,1-6H3/b15-14-/t48-,50+,51?,52+,53-,54+,55+,58+,59-/m1/s1. The van der Waals surface area contributed by atoms with Crippen molar-refractivity contribution in [3.63, 3.8) is 0 Å². The molecule has 5 aliphatic rings. The molecule has 0 spiro atoms. The number of hydrogen-bond donors (Lipinski definition) is 0. The van der Waals surface area contributed by atoms with Crippen LogP contribution in [0, 0.1) is 46.3 Å². The summed E-state index contributed by atoms with van der Waals surface area (Å²) in [5.74, 6) is 4.28. The lowest BCUT2D eigenvalue weighted by Crippen LogP contribution is -2.51. The Balaban J connectivity index is 0.919. The van der Waals surface area contributed by atoms with E-state index in [0.717, 1.165) is 87.4 Å². The highest BCUT2D eigenvalue weighted by molar-refractivity contribution is 5.77. The number of likely N-dealkylation sites (tertiary alicyclic amines) is 1. The number of carbonyl (C=O) groups is 2. The van der Waals surface area contributed by atoms with Gasteiger partial charge in [-0.2, -0.15) is 0 Å². The molecule has 1 heterocycles. The maximum absolute atomic E-state index is 13.0. The van der Waals surface area contributed by atoms with Crippen LogP contribution in [0.2, 0.25) is 0 Å². The van der Waals surface area contributed by atoms with Crippen LogP contribution in [0.5, 0.6) is 0 Å². The van der Waals surface area contributed by atoms with Crippen molar-refractivity contribution >= 4 is 11.9 Å². The quantitative estimate of drug-likeness (QED) is 0.0369. The van der Waals surface area contributed by atoms with Crippen LogP contribution in [-0.4, -0.2) is 75.1 Å². The van der Waals surface area contributed by atoms with Gasteiger partial charge in [0.25, 0.3) is 0 Å². The summed E-state index contributed by atoms with van der Waals surface area (Å²) in [6.45, 7) is 19.7. The van der Waals surface area contributed by atoms with Gasteiger partial charge in [-0.3, -0.25) is 9.59 Å². The minimum atomic E-state index is -0.361. The molecule has 0 amide bonds. The number of piperidine rings is 1. The molecule has 380 valence electrons. The predicted octanol–water partition coefficient (Wildman–Crippen LogP) is 15.2. The number of esters is 2. The summed E-state index contributed by atoms with van der Waals surface area (Å²) < 4.78 is 24.0. The second-order valence-electron chi connectivity index (χ2n) is 23.2. The number of allylic oxidation sites excluding steroid dienone is 3. The van der Waals surface area contributed by atoms with Gasteiger partial charge in [-0.15, -0.1) is 0 Å². The number of nitrogens with zero attached hydrogens (tertiary/aromatic N) is 1. The molecule has 4 aliphatic carbocycles. The highest BCUT2D eigenvalue weighted by Crippen LogP contribution is 2.67. The lowest BCUT2D eigenvalue weighted by molar-refractivity contribution is -0.156.